The van der Waals surface area contributed by atoms with E-state index in [1.807, 2.05) is 6.92 Å². The molecule has 0 aromatic heterocycles. The molecule has 0 amide bonds. The minimum Gasteiger partial charge on any atom is -0.431 e. The minimum absolute atomic E-state index is 0.0500. The molecule has 17 heavy (non-hydrogen) atoms. The predicted octanol–water partition coefficient (Wildman–Crippen LogP) is 3.79. The lowest BCUT2D eigenvalue weighted by molar-refractivity contribution is -0.149. The van der Waals surface area contributed by atoms with Crippen LogP contribution in [0.4, 0.5) is 0 Å². The van der Waals surface area contributed by atoms with Crippen LogP contribution in [0, 0.1) is 0 Å². The molecule has 0 rings (SSSR count). The fourth-order valence-electron chi connectivity index (χ4n) is 1.68. The fraction of sp³-hybridized carbons (Fsp3) is 0.917. The van der Waals surface area contributed by atoms with Gasteiger partial charge in [0.2, 0.25) is 0 Å². The lowest BCUT2D eigenvalue weighted by Crippen LogP contribution is -2.32. The number of ether oxygens (including phenoxy) is 1. The molecule has 0 aliphatic rings. The van der Waals surface area contributed by atoms with Gasteiger partial charge in [0.15, 0.2) is 0 Å². The number of halogens is 2. The summed E-state index contributed by atoms with van der Waals surface area (Å²) in [6.07, 6.45) is 5.35. The molecule has 0 aromatic carbocycles. The van der Waals surface area contributed by atoms with Crippen molar-refractivity contribution in [2.24, 2.45) is 0 Å². The maximum absolute atomic E-state index is 11.4. The van der Waals surface area contributed by atoms with E-state index in [0.29, 0.717) is 12.8 Å². The van der Waals surface area contributed by atoms with Crippen molar-refractivity contribution in [3.8, 4) is 0 Å². The molecule has 102 valence electrons. The molecular formula is C12H22Cl2O3. The van der Waals surface area contributed by atoms with E-state index in [1.165, 1.54) is 0 Å². The first-order chi connectivity index (χ1) is 7.93. The SMILES string of the molecule is CCCCCCC(O)(CC)CC(=O)OC(Cl)Cl. The van der Waals surface area contributed by atoms with Crippen LogP contribution in [-0.4, -0.2) is 21.7 Å². The van der Waals surface area contributed by atoms with E-state index in [4.69, 9.17) is 23.2 Å². The van der Waals surface area contributed by atoms with Crippen molar-refractivity contribution in [2.45, 2.75) is 69.4 Å². The Balaban J connectivity index is 4.03. The van der Waals surface area contributed by atoms with Gasteiger partial charge >= 0.3 is 5.97 Å². The second-order valence-corrected chi connectivity index (χ2v) is 5.33. The first-order valence-corrected chi connectivity index (χ1v) is 7.01. The van der Waals surface area contributed by atoms with Gasteiger partial charge in [0.1, 0.15) is 0 Å². The Morgan fingerprint density at radius 3 is 2.41 bits per heavy atom. The van der Waals surface area contributed by atoms with Crippen molar-refractivity contribution in [3.63, 3.8) is 0 Å². The fourth-order valence-corrected chi connectivity index (χ4v) is 1.88. The van der Waals surface area contributed by atoms with Gasteiger partial charge < -0.3 is 9.84 Å². The Morgan fingerprint density at radius 2 is 1.94 bits per heavy atom. The molecule has 0 saturated carbocycles. The van der Waals surface area contributed by atoms with Gasteiger partial charge in [-0.05, 0) is 12.8 Å². The molecule has 0 aromatic rings. The minimum atomic E-state index is -1.16. The Kier molecular flexibility index (Phi) is 9.01. The summed E-state index contributed by atoms with van der Waals surface area (Å²) in [7, 11) is 0. The highest BCUT2D eigenvalue weighted by atomic mass is 35.5. The average Bonchev–Trinajstić information content (AvgIpc) is 2.23. The molecule has 1 atom stereocenters. The molecule has 0 saturated heterocycles. The van der Waals surface area contributed by atoms with Gasteiger partial charge in [0.05, 0.1) is 12.0 Å². The molecule has 0 heterocycles. The maximum atomic E-state index is 11.4. The van der Waals surface area contributed by atoms with Gasteiger partial charge in [-0.25, -0.2) is 0 Å². The quantitative estimate of drug-likeness (QED) is 0.398. The van der Waals surface area contributed by atoms with Crippen LogP contribution in [0.3, 0.4) is 0 Å². The van der Waals surface area contributed by atoms with Gasteiger partial charge in [-0.3, -0.25) is 4.79 Å². The van der Waals surface area contributed by atoms with Crippen molar-refractivity contribution < 1.29 is 14.6 Å². The van der Waals surface area contributed by atoms with Crippen LogP contribution in [0.1, 0.15) is 58.8 Å². The Labute approximate surface area is 113 Å². The normalized spacial score (nSPS) is 14.7. The number of alkyl halides is 2. The zero-order valence-corrected chi connectivity index (χ0v) is 12.1. The number of carbonyl (C=O) groups is 1. The zero-order valence-electron chi connectivity index (χ0n) is 10.5. The molecule has 1 unspecified atom stereocenters. The van der Waals surface area contributed by atoms with Crippen molar-refractivity contribution >= 4 is 29.2 Å². The third-order valence-corrected chi connectivity index (χ3v) is 3.03. The van der Waals surface area contributed by atoms with Crippen molar-refractivity contribution in [2.75, 3.05) is 0 Å². The average molecular weight is 285 g/mol. The third kappa shape index (κ3) is 8.70. The Morgan fingerprint density at radius 1 is 1.29 bits per heavy atom. The monoisotopic (exact) mass is 284 g/mol. The first kappa shape index (κ1) is 17.0. The molecule has 0 aliphatic carbocycles. The van der Waals surface area contributed by atoms with Crippen LogP contribution in [0.2, 0.25) is 0 Å². The van der Waals surface area contributed by atoms with Crippen LogP contribution in [0.15, 0.2) is 0 Å². The summed E-state index contributed by atoms with van der Waals surface area (Å²) in [6, 6.07) is 0. The van der Waals surface area contributed by atoms with E-state index in [-0.39, 0.29) is 6.42 Å². The van der Waals surface area contributed by atoms with E-state index < -0.39 is 16.6 Å². The summed E-state index contributed by atoms with van der Waals surface area (Å²) in [5.74, 6) is -0.556. The standard InChI is InChI=1S/C12H22Cl2O3/c1-3-5-6-7-8-12(16,4-2)9-10(15)17-11(13)14/h11,16H,3-9H2,1-2H3. The van der Waals surface area contributed by atoms with Gasteiger partial charge in [-0.2, -0.15) is 0 Å². The highest BCUT2D eigenvalue weighted by Gasteiger charge is 2.29. The first-order valence-electron chi connectivity index (χ1n) is 6.13. The molecule has 0 bridgehead atoms. The molecule has 0 fully saturated rings. The number of esters is 1. The molecule has 3 nitrogen and oxygen atoms in total. The summed E-state index contributed by atoms with van der Waals surface area (Å²) < 4.78 is 4.61. The second-order valence-electron chi connectivity index (χ2n) is 4.32. The molecule has 0 spiro atoms. The highest BCUT2D eigenvalue weighted by molar-refractivity contribution is 6.43. The zero-order chi connectivity index (χ0) is 13.3. The molecular weight excluding hydrogens is 263 g/mol. The van der Waals surface area contributed by atoms with Crippen molar-refractivity contribution in [1.29, 1.82) is 0 Å². The second kappa shape index (κ2) is 9.01. The van der Waals surface area contributed by atoms with Gasteiger partial charge in [0.25, 0.3) is 5.02 Å². The molecule has 0 aliphatic heterocycles. The summed E-state index contributed by atoms with van der Waals surface area (Å²) >= 11 is 10.7. The van der Waals surface area contributed by atoms with Crippen LogP contribution in [0.25, 0.3) is 0 Å². The van der Waals surface area contributed by atoms with Crippen LogP contribution < -0.4 is 0 Å². The largest absolute Gasteiger partial charge is 0.431 e. The number of hydrogen-bond donors (Lipinski definition) is 1. The van der Waals surface area contributed by atoms with E-state index in [2.05, 4.69) is 11.7 Å². The summed E-state index contributed by atoms with van der Waals surface area (Å²) in [6.45, 7) is 3.98. The maximum Gasteiger partial charge on any atom is 0.311 e. The topological polar surface area (TPSA) is 46.5 Å². The smallest absolute Gasteiger partial charge is 0.311 e. The molecule has 1 N–H and O–H groups in total. The van der Waals surface area contributed by atoms with Crippen molar-refractivity contribution in [1.82, 2.24) is 0 Å². The highest BCUT2D eigenvalue weighted by Crippen LogP contribution is 2.24. The summed E-state index contributed by atoms with van der Waals surface area (Å²) in [5, 5.41) is 9.05. The summed E-state index contributed by atoms with van der Waals surface area (Å²) in [5.41, 5.74) is -0.993. The lowest BCUT2D eigenvalue weighted by atomic mass is 9.90. The number of unbranched alkanes of at least 4 members (excludes halogenated alkanes) is 3. The number of aliphatic hydroxyl groups is 1. The lowest BCUT2D eigenvalue weighted by Gasteiger charge is -2.25. The molecule has 5 heteroatoms. The van der Waals surface area contributed by atoms with Gasteiger partial charge in [-0.15, -0.1) is 0 Å². The summed E-state index contributed by atoms with van der Waals surface area (Å²) in [4.78, 5) is 11.4. The number of rotatable bonds is 9. The van der Waals surface area contributed by atoms with Crippen LogP contribution >= 0.6 is 23.2 Å². The van der Waals surface area contributed by atoms with Gasteiger partial charge in [-0.1, -0.05) is 62.7 Å². The Bertz CT molecular complexity index is 222. The van der Waals surface area contributed by atoms with E-state index in [9.17, 15) is 9.90 Å². The van der Waals surface area contributed by atoms with E-state index in [1.54, 1.807) is 0 Å². The number of hydrogen-bond acceptors (Lipinski definition) is 3. The van der Waals surface area contributed by atoms with E-state index in [0.717, 1.165) is 25.7 Å². The van der Waals surface area contributed by atoms with E-state index >= 15 is 0 Å². The number of carbonyl (C=O) groups excluding carboxylic acids is 1. The molecule has 0 radical (unpaired) electrons. The van der Waals surface area contributed by atoms with Crippen LogP contribution in [0.5, 0.6) is 0 Å². The predicted molar refractivity (Wildman–Crippen MR) is 70.2 cm³/mol. The van der Waals surface area contributed by atoms with Crippen LogP contribution in [-0.2, 0) is 9.53 Å². The Hall–Kier alpha value is 0.01000. The third-order valence-electron chi connectivity index (χ3n) is 2.85. The van der Waals surface area contributed by atoms with Gasteiger partial charge in [0, 0.05) is 0 Å². The van der Waals surface area contributed by atoms with Crippen molar-refractivity contribution in [3.05, 3.63) is 0 Å².